The van der Waals surface area contributed by atoms with Gasteiger partial charge in [-0.15, -0.1) is 16.4 Å². The predicted octanol–water partition coefficient (Wildman–Crippen LogP) is 2.44. The van der Waals surface area contributed by atoms with Crippen molar-refractivity contribution >= 4 is 40.4 Å². The van der Waals surface area contributed by atoms with Gasteiger partial charge in [0.05, 0.1) is 10.6 Å². The van der Waals surface area contributed by atoms with E-state index in [2.05, 4.69) is 10.2 Å². The van der Waals surface area contributed by atoms with E-state index in [4.69, 9.17) is 5.73 Å². The molecule has 0 bridgehead atoms. The highest BCUT2D eigenvalue weighted by atomic mass is 32.2. The topological polar surface area (TPSA) is 50.7 Å². The Labute approximate surface area is 94.5 Å². The Morgan fingerprint density at radius 3 is 2.80 bits per heavy atom. The van der Waals surface area contributed by atoms with Crippen LogP contribution in [0, 0.1) is 0 Å². The van der Waals surface area contributed by atoms with E-state index in [0.717, 1.165) is 4.88 Å². The summed E-state index contributed by atoms with van der Waals surface area (Å²) in [4.78, 5) is 0.939. The largest absolute Gasteiger partial charge is 0.616 e. The van der Waals surface area contributed by atoms with Gasteiger partial charge < -0.3 is 5.73 Å². The first-order chi connectivity index (χ1) is 7.09. The van der Waals surface area contributed by atoms with E-state index < -0.39 is 6.55 Å². The fraction of sp³-hybridized carbons (Fsp3) is 0.143. The van der Waals surface area contributed by atoms with Crippen molar-refractivity contribution in [1.82, 2.24) is 0 Å². The Hall–Kier alpha value is -0.885. The molecule has 0 radical (unpaired) electrons. The Bertz CT molecular complexity index is 364. The molecule has 0 aliphatic heterocycles. The fourth-order valence-corrected chi connectivity index (χ4v) is 1.72. The highest BCUT2D eigenvalue weighted by Crippen LogP contribution is 2.11. The molecule has 8 heteroatoms. The molecule has 0 amide bonds. The summed E-state index contributed by atoms with van der Waals surface area (Å²) < 4.78 is 23.7. The second-order valence-electron chi connectivity index (χ2n) is 2.48. The Morgan fingerprint density at radius 2 is 2.27 bits per heavy atom. The van der Waals surface area contributed by atoms with Crippen LogP contribution in [0.5, 0.6) is 0 Å². The monoisotopic (exact) mass is 247 g/mol. The van der Waals surface area contributed by atoms with Gasteiger partial charge in [0.25, 0.3) is 0 Å². The van der Waals surface area contributed by atoms with Gasteiger partial charge in [0.1, 0.15) is 0 Å². The molecule has 0 aromatic carbocycles. The molecule has 0 saturated carbocycles. The standard InChI is InChI=1S/C7H8BF2N3S2/c1-5(6-3-2-4-14-6)12-13-7(11)15-8(9)10/h2-4H,1H3,(H2,11,13)/b12-5+. The molecule has 0 saturated heterocycles. The van der Waals surface area contributed by atoms with Crippen LogP contribution in [0.2, 0.25) is 0 Å². The van der Waals surface area contributed by atoms with Gasteiger partial charge in [-0.05, 0) is 18.4 Å². The van der Waals surface area contributed by atoms with Crippen LogP contribution in [0.4, 0.5) is 8.63 Å². The zero-order valence-electron chi connectivity index (χ0n) is 7.85. The summed E-state index contributed by atoms with van der Waals surface area (Å²) in [5.41, 5.74) is 5.86. The summed E-state index contributed by atoms with van der Waals surface area (Å²) in [5, 5.41) is 8.91. The minimum atomic E-state index is -2.56. The van der Waals surface area contributed by atoms with Crippen LogP contribution in [0.15, 0.2) is 27.7 Å². The maximum atomic E-state index is 11.8. The van der Waals surface area contributed by atoms with Gasteiger partial charge in [-0.1, -0.05) is 17.7 Å². The zero-order chi connectivity index (χ0) is 11.3. The SMILES string of the molecule is C/C(=N\N=C(\N)SB(F)F)c1cccs1. The van der Waals surface area contributed by atoms with Crippen LogP contribution in [0.3, 0.4) is 0 Å². The fourth-order valence-electron chi connectivity index (χ4n) is 0.773. The lowest BCUT2D eigenvalue weighted by Crippen LogP contribution is -2.10. The van der Waals surface area contributed by atoms with E-state index in [9.17, 15) is 8.63 Å². The summed E-state index contributed by atoms with van der Waals surface area (Å²) in [5.74, 6) is 0. The molecule has 1 rings (SSSR count). The van der Waals surface area contributed by atoms with Gasteiger partial charge in [0, 0.05) is 0 Å². The summed E-state index contributed by atoms with van der Waals surface area (Å²) in [6, 6.07) is 3.75. The van der Waals surface area contributed by atoms with Crippen molar-refractivity contribution in [2.24, 2.45) is 15.9 Å². The molecule has 15 heavy (non-hydrogen) atoms. The molecule has 0 fully saturated rings. The van der Waals surface area contributed by atoms with E-state index in [0.29, 0.717) is 5.71 Å². The molecular weight excluding hydrogens is 239 g/mol. The van der Waals surface area contributed by atoms with Crippen molar-refractivity contribution in [2.75, 3.05) is 0 Å². The summed E-state index contributed by atoms with van der Waals surface area (Å²) in [6.45, 7) is -0.818. The number of hydrogen-bond donors (Lipinski definition) is 1. The Morgan fingerprint density at radius 1 is 1.53 bits per heavy atom. The Balaban J connectivity index is 2.64. The van der Waals surface area contributed by atoms with Gasteiger partial charge in [0.2, 0.25) is 0 Å². The minimum absolute atomic E-state index is 0.184. The van der Waals surface area contributed by atoms with Gasteiger partial charge >= 0.3 is 6.55 Å². The molecule has 1 aromatic rings. The first-order valence-corrected chi connectivity index (χ1v) is 5.72. The normalized spacial score (nSPS) is 13.0. The first-order valence-electron chi connectivity index (χ1n) is 3.96. The summed E-state index contributed by atoms with van der Waals surface area (Å²) >= 11 is 1.69. The Kier molecular flexibility index (Phi) is 4.77. The second-order valence-corrected chi connectivity index (χ2v) is 4.44. The maximum absolute atomic E-state index is 11.8. The van der Waals surface area contributed by atoms with E-state index in [1.807, 2.05) is 17.5 Å². The lowest BCUT2D eigenvalue weighted by Gasteiger charge is -1.94. The molecular formula is C7H8BF2N3S2. The van der Waals surface area contributed by atoms with Crippen molar-refractivity contribution in [1.29, 1.82) is 0 Å². The molecule has 80 valence electrons. The number of halogens is 2. The van der Waals surface area contributed by atoms with E-state index in [1.165, 1.54) is 11.3 Å². The molecule has 0 unspecified atom stereocenters. The predicted molar refractivity (Wildman–Crippen MR) is 63.7 cm³/mol. The maximum Gasteiger partial charge on any atom is 0.616 e. The third-order valence-electron chi connectivity index (χ3n) is 1.39. The third-order valence-corrected chi connectivity index (χ3v) is 2.87. The van der Waals surface area contributed by atoms with Crippen molar-refractivity contribution in [2.45, 2.75) is 6.92 Å². The number of thiophene rings is 1. The number of rotatable bonds is 3. The molecule has 0 aliphatic rings. The van der Waals surface area contributed by atoms with Gasteiger partial charge in [0.15, 0.2) is 5.17 Å². The molecule has 1 aromatic heterocycles. The summed E-state index contributed by atoms with van der Waals surface area (Å²) in [6.07, 6.45) is 0. The molecule has 1 heterocycles. The number of nitrogens with zero attached hydrogens (tertiary/aromatic N) is 2. The highest BCUT2D eigenvalue weighted by Gasteiger charge is 2.15. The third kappa shape index (κ3) is 4.43. The van der Waals surface area contributed by atoms with E-state index in [-0.39, 0.29) is 16.8 Å². The average molecular weight is 247 g/mol. The van der Waals surface area contributed by atoms with Crippen LogP contribution in [-0.4, -0.2) is 17.4 Å². The number of nitrogens with two attached hydrogens (primary N) is 1. The van der Waals surface area contributed by atoms with Crippen LogP contribution in [-0.2, 0) is 0 Å². The highest BCUT2D eigenvalue weighted by molar-refractivity contribution is 8.35. The first kappa shape index (κ1) is 12.2. The van der Waals surface area contributed by atoms with Crippen molar-refractivity contribution in [3.63, 3.8) is 0 Å². The van der Waals surface area contributed by atoms with E-state index >= 15 is 0 Å². The smallest absolute Gasteiger partial charge is 0.377 e. The van der Waals surface area contributed by atoms with Crippen LogP contribution in [0.1, 0.15) is 11.8 Å². The zero-order valence-corrected chi connectivity index (χ0v) is 9.49. The number of amidine groups is 1. The van der Waals surface area contributed by atoms with Crippen LogP contribution < -0.4 is 5.73 Å². The van der Waals surface area contributed by atoms with Crippen molar-refractivity contribution in [3.05, 3.63) is 22.4 Å². The second kappa shape index (κ2) is 5.87. The molecule has 2 N–H and O–H groups in total. The minimum Gasteiger partial charge on any atom is -0.377 e. The quantitative estimate of drug-likeness (QED) is 0.386. The molecule has 3 nitrogen and oxygen atoms in total. The van der Waals surface area contributed by atoms with Gasteiger partial charge in [-0.2, -0.15) is 5.10 Å². The van der Waals surface area contributed by atoms with Crippen LogP contribution >= 0.6 is 22.9 Å². The summed E-state index contributed by atoms with van der Waals surface area (Å²) in [7, 11) is 0. The number of hydrogen-bond acceptors (Lipinski definition) is 4. The average Bonchev–Trinajstić information content (AvgIpc) is 2.65. The molecule has 0 aliphatic carbocycles. The lowest BCUT2D eigenvalue weighted by atomic mass is 10.3. The van der Waals surface area contributed by atoms with Crippen molar-refractivity contribution < 1.29 is 8.63 Å². The van der Waals surface area contributed by atoms with Crippen molar-refractivity contribution in [3.8, 4) is 0 Å². The lowest BCUT2D eigenvalue weighted by molar-refractivity contribution is 0.701. The van der Waals surface area contributed by atoms with Crippen LogP contribution in [0.25, 0.3) is 0 Å². The molecule has 0 spiro atoms. The molecule has 0 atom stereocenters. The van der Waals surface area contributed by atoms with Gasteiger partial charge in [-0.3, -0.25) is 8.63 Å². The van der Waals surface area contributed by atoms with E-state index in [1.54, 1.807) is 6.92 Å². The van der Waals surface area contributed by atoms with Gasteiger partial charge in [-0.25, -0.2) is 0 Å².